The van der Waals surface area contributed by atoms with Gasteiger partial charge in [-0.25, -0.2) is 4.39 Å². The minimum atomic E-state index is -0.267. The van der Waals surface area contributed by atoms with Crippen LogP contribution >= 0.6 is 0 Å². The second-order valence-corrected chi connectivity index (χ2v) is 8.32. The van der Waals surface area contributed by atoms with E-state index in [2.05, 4.69) is 40.2 Å². The Morgan fingerprint density at radius 3 is 2.85 bits per heavy atom. The molecule has 1 aliphatic heterocycles. The Kier molecular flexibility index (Phi) is 6.32. The molecule has 0 amide bonds. The standard InChI is InChI=1S/C26H27FN4O2/c1-30-22(11-14-32-23-9-7-21(27)8-10-23)16-24(29-30)25-18-31(13-15-33-25)17-20-5-2-4-19-6-3-12-28-26(19)20/h2-10,12,16,25H,11,13-15,17-18H2,1H3/t25-/m1/s1. The van der Waals surface area contributed by atoms with E-state index in [1.54, 1.807) is 12.1 Å². The molecular formula is C26H27FN4O2. The predicted octanol–water partition coefficient (Wildman–Crippen LogP) is 4.30. The Balaban J connectivity index is 1.22. The zero-order valence-electron chi connectivity index (χ0n) is 18.7. The Hall–Kier alpha value is -3.29. The van der Waals surface area contributed by atoms with Crippen molar-refractivity contribution < 1.29 is 13.9 Å². The summed E-state index contributed by atoms with van der Waals surface area (Å²) < 4.78 is 26.7. The average molecular weight is 447 g/mol. The minimum absolute atomic E-state index is 0.0698. The van der Waals surface area contributed by atoms with Crippen LogP contribution in [0.15, 0.2) is 66.9 Å². The Labute approximate surface area is 192 Å². The third kappa shape index (κ3) is 5.05. The van der Waals surface area contributed by atoms with Crippen LogP contribution in [0.5, 0.6) is 5.75 Å². The summed E-state index contributed by atoms with van der Waals surface area (Å²) in [6.45, 7) is 3.66. The number of aromatic nitrogens is 3. The lowest BCUT2D eigenvalue weighted by Gasteiger charge is -2.32. The fourth-order valence-corrected chi connectivity index (χ4v) is 4.29. The summed E-state index contributed by atoms with van der Waals surface area (Å²) in [4.78, 5) is 7.00. The molecule has 0 aliphatic carbocycles. The molecule has 0 saturated carbocycles. The quantitative estimate of drug-likeness (QED) is 0.424. The number of benzene rings is 2. The Morgan fingerprint density at radius 2 is 1.97 bits per heavy atom. The molecule has 170 valence electrons. The van der Waals surface area contributed by atoms with Crippen LogP contribution in [-0.4, -0.2) is 46.0 Å². The molecule has 1 aliphatic rings. The lowest BCUT2D eigenvalue weighted by Crippen LogP contribution is -2.38. The van der Waals surface area contributed by atoms with E-state index in [0.717, 1.165) is 41.9 Å². The van der Waals surface area contributed by atoms with Crippen molar-refractivity contribution in [3.8, 4) is 5.75 Å². The number of halogens is 1. The normalized spacial score (nSPS) is 16.8. The van der Waals surface area contributed by atoms with E-state index in [-0.39, 0.29) is 11.9 Å². The van der Waals surface area contributed by atoms with E-state index < -0.39 is 0 Å². The number of morpholine rings is 1. The van der Waals surface area contributed by atoms with Gasteiger partial charge in [-0.05, 0) is 42.0 Å². The molecule has 1 saturated heterocycles. The number of pyridine rings is 1. The first-order valence-electron chi connectivity index (χ1n) is 11.2. The van der Waals surface area contributed by atoms with Gasteiger partial charge in [0.25, 0.3) is 0 Å². The fourth-order valence-electron chi connectivity index (χ4n) is 4.29. The molecular weight excluding hydrogens is 419 g/mol. The molecule has 33 heavy (non-hydrogen) atoms. The van der Waals surface area contributed by atoms with Gasteiger partial charge in [-0.1, -0.05) is 24.3 Å². The molecule has 2 aromatic heterocycles. The van der Waals surface area contributed by atoms with Gasteiger partial charge in [-0.2, -0.15) is 5.10 Å². The first-order chi connectivity index (χ1) is 16.2. The number of hydrogen-bond acceptors (Lipinski definition) is 5. The van der Waals surface area contributed by atoms with Crippen LogP contribution in [0.2, 0.25) is 0 Å². The summed E-state index contributed by atoms with van der Waals surface area (Å²) in [7, 11) is 1.94. The van der Waals surface area contributed by atoms with Gasteiger partial charge < -0.3 is 9.47 Å². The largest absolute Gasteiger partial charge is 0.493 e. The molecule has 0 unspecified atom stereocenters. The molecule has 0 bridgehead atoms. The van der Waals surface area contributed by atoms with Crippen LogP contribution in [0.4, 0.5) is 4.39 Å². The van der Waals surface area contributed by atoms with Crippen molar-refractivity contribution in [3.05, 3.63) is 89.6 Å². The van der Waals surface area contributed by atoms with Gasteiger partial charge in [0.15, 0.2) is 0 Å². The Morgan fingerprint density at radius 1 is 1.12 bits per heavy atom. The molecule has 3 heterocycles. The van der Waals surface area contributed by atoms with Gasteiger partial charge in [-0.3, -0.25) is 14.6 Å². The summed E-state index contributed by atoms with van der Waals surface area (Å²) in [6, 6.07) is 18.6. The van der Waals surface area contributed by atoms with Gasteiger partial charge in [0, 0.05) is 50.4 Å². The van der Waals surface area contributed by atoms with E-state index in [9.17, 15) is 4.39 Å². The van der Waals surface area contributed by atoms with Crippen LogP contribution in [-0.2, 0) is 24.8 Å². The fraction of sp³-hybridized carbons (Fsp3) is 0.308. The molecule has 1 fully saturated rings. The number of aryl methyl sites for hydroxylation is 1. The van der Waals surface area contributed by atoms with Crippen LogP contribution in [0.3, 0.4) is 0 Å². The first kappa shape index (κ1) is 21.6. The number of hydrogen-bond donors (Lipinski definition) is 0. The SMILES string of the molecule is Cn1nc([C@H]2CN(Cc3cccc4cccnc34)CCO2)cc1CCOc1ccc(F)cc1. The molecule has 0 N–H and O–H groups in total. The topological polar surface area (TPSA) is 52.4 Å². The van der Waals surface area contributed by atoms with Crippen molar-refractivity contribution in [1.29, 1.82) is 0 Å². The number of ether oxygens (including phenoxy) is 2. The second-order valence-electron chi connectivity index (χ2n) is 8.32. The van der Waals surface area contributed by atoms with Crippen molar-refractivity contribution in [1.82, 2.24) is 19.7 Å². The third-order valence-corrected chi connectivity index (χ3v) is 6.03. The number of rotatable bonds is 7. The molecule has 5 rings (SSSR count). The summed E-state index contributed by atoms with van der Waals surface area (Å²) in [5, 5.41) is 5.87. The third-order valence-electron chi connectivity index (χ3n) is 6.03. The van der Waals surface area contributed by atoms with E-state index in [4.69, 9.17) is 14.6 Å². The lowest BCUT2D eigenvalue weighted by molar-refractivity contribution is -0.0351. The minimum Gasteiger partial charge on any atom is -0.493 e. The Bertz CT molecular complexity index is 1220. The van der Waals surface area contributed by atoms with Crippen molar-refractivity contribution in [3.63, 3.8) is 0 Å². The zero-order chi connectivity index (χ0) is 22.6. The smallest absolute Gasteiger partial charge is 0.123 e. The maximum atomic E-state index is 13.0. The molecule has 6 nitrogen and oxygen atoms in total. The second kappa shape index (κ2) is 9.68. The molecule has 0 radical (unpaired) electrons. The molecule has 0 spiro atoms. The van der Waals surface area contributed by atoms with Crippen molar-refractivity contribution in [2.45, 2.75) is 19.1 Å². The van der Waals surface area contributed by atoms with E-state index >= 15 is 0 Å². The predicted molar refractivity (Wildman–Crippen MR) is 125 cm³/mol. The average Bonchev–Trinajstić information content (AvgIpc) is 3.21. The maximum absolute atomic E-state index is 13.0. The molecule has 4 aromatic rings. The van der Waals surface area contributed by atoms with E-state index in [1.165, 1.54) is 17.7 Å². The number of para-hydroxylation sites is 1. The summed E-state index contributed by atoms with van der Waals surface area (Å²) >= 11 is 0. The number of fused-ring (bicyclic) bond motifs is 1. The van der Waals surface area contributed by atoms with Gasteiger partial charge in [0.2, 0.25) is 0 Å². The summed E-state index contributed by atoms with van der Waals surface area (Å²) in [6.07, 6.45) is 2.49. The van der Waals surface area contributed by atoms with Gasteiger partial charge in [0.05, 0.1) is 24.4 Å². The van der Waals surface area contributed by atoms with Crippen molar-refractivity contribution in [2.75, 3.05) is 26.3 Å². The molecule has 1 atom stereocenters. The van der Waals surface area contributed by atoms with Gasteiger partial charge in [0.1, 0.15) is 17.7 Å². The lowest BCUT2D eigenvalue weighted by atomic mass is 10.1. The highest BCUT2D eigenvalue weighted by molar-refractivity contribution is 5.81. The molecule has 2 aromatic carbocycles. The van der Waals surface area contributed by atoms with Crippen LogP contribution < -0.4 is 4.74 Å². The summed E-state index contributed by atoms with van der Waals surface area (Å²) in [5.74, 6) is 0.393. The first-order valence-corrected chi connectivity index (χ1v) is 11.2. The van der Waals surface area contributed by atoms with E-state index in [1.807, 2.05) is 24.0 Å². The summed E-state index contributed by atoms with van der Waals surface area (Å²) in [5.41, 5.74) is 4.30. The van der Waals surface area contributed by atoms with Crippen LogP contribution in [0.1, 0.15) is 23.1 Å². The van der Waals surface area contributed by atoms with E-state index in [0.29, 0.717) is 25.4 Å². The van der Waals surface area contributed by atoms with Gasteiger partial charge >= 0.3 is 0 Å². The van der Waals surface area contributed by atoms with Crippen LogP contribution in [0.25, 0.3) is 10.9 Å². The number of nitrogens with zero attached hydrogens (tertiary/aromatic N) is 4. The van der Waals surface area contributed by atoms with Crippen LogP contribution in [0, 0.1) is 5.82 Å². The highest BCUT2D eigenvalue weighted by atomic mass is 19.1. The highest BCUT2D eigenvalue weighted by Gasteiger charge is 2.25. The van der Waals surface area contributed by atoms with Crippen molar-refractivity contribution in [2.24, 2.45) is 7.05 Å². The zero-order valence-corrected chi connectivity index (χ0v) is 18.7. The monoisotopic (exact) mass is 446 g/mol. The highest BCUT2D eigenvalue weighted by Crippen LogP contribution is 2.25. The maximum Gasteiger partial charge on any atom is 0.123 e. The molecule has 7 heteroatoms. The van der Waals surface area contributed by atoms with Gasteiger partial charge in [-0.15, -0.1) is 0 Å². The van der Waals surface area contributed by atoms with Crippen molar-refractivity contribution >= 4 is 10.9 Å².